The summed E-state index contributed by atoms with van der Waals surface area (Å²) >= 11 is 0. The van der Waals surface area contributed by atoms with Gasteiger partial charge in [0, 0.05) is 26.2 Å². The maximum absolute atomic E-state index is 5.34. The van der Waals surface area contributed by atoms with E-state index in [4.69, 9.17) is 4.52 Å². The number of aromatic nitrogens is 1. The summed E-state index contributed by atoms with van der Waals surface area (Å²) in [5.74, 6) is 2.75. The van der Waals surface area contributed by atoms with Crippen LogP contribution in [0.4, 0.5) is 0 Å². The molecule has 1 saturated heterocycles. The first-order valence-electron chi connectivity index (χ1n) is 8.74. The van der Waals surface area contributed by atoms with Crippen LogP contribution in [0.5, 0.6) is 0 Å². The van der Waals surface area contributed by atoms with E-state index in [1.165, 1.54) is 32.5 Å². The monoisotopic (exact) mass is 321 g/mol. The molecule has 2 heterocycles. The van der Waals surface area contributed by atoms with Gasteiger partial charge in [0.15, 0.2) is 11.7 Å². The lowest BCUT2D eigenvalue weighted by Gasteiger charge is -2.16. The van der Waals surface area contributed by atoms with Crippen LogP contribution in [0, 0.1) is 5.92 Å². The Morgan fingerprint density at radius 3 is 2.96 bits per heavy atom. The fourth-order valence-electron chi connectivity index (χ4n) is 2.92. The van der Waals surface area contributed by atoms with Crippen molar-refractivity contribution in [1.29, 1.82) is 0 Å². The standard InChI is InChI=1S/C17H31N5O/c1-5-7-22-8-6-14(12-22)10-19-17(18-4)20-11-15-9-16(13(2)3)21-23-15/h9,13-14H,5-8,10-12H2,1-4H3,(H2,18,19,20). The zero-order valence-electron chi connectivity index (χ0n) is 14.9. The maximum Gasteiger partial charge on any atom is 0.191 e. The molecule has 0 aliphatic carbocycles. The van der Waals surface area contributed by atoms with Crippen molar-refractivity contribution in [1.82, 2.24) is 20.7 Å². The van der Waals surface area contributed by atoms with Gasteiger partial charge in [0.1, 0.15) is 0 Å². The zero-order chi connectivity index (χ0) is 16.7. The van der Waals surface area contributed by atoms with Gasteiger partial charge in [-0.25, -0.2) is 0 Å². The third kappa shape index (κ3) is 5.53. The molecule has 6 nitrogen and oxygen atoms in total. The third-order valence-electron chi connectivity index (χ3n) is 4.29. The molecule has 0 radical (unpaired) electrons. The fourth-order valence-corrected chi connectivity index (χ4v) is 2.92. The molecule has 130 valence electrons. The lowest BCUT2D eigenvalue weighted by molar-refractivity contribution is 0.324. The number of likely N-dealkylation sites (tertiary alicyclic amines) is 1. The highest BCUT2D eigenvalue weighted by molar-refractivity contribution is 5.79. The van der Waals surface area contributed by atoms with Gasteiger partial charge in [0.2, 0.25) is 0 Å². The predicted octanol–water partition coefficient (Wildman–Crippen LogP) is 2.19. The van der Waals surface area contributed by atoms with Crippen molar-refractivity contribution in [3.05, 3.63) is 17.5 Å². The third-order valence-corrected chi connectivity index (χ3v) is 4.29. The molecule has 0 amide bonds. The quantitative estimate of drug-likeness (QED) is 0.595. The van der Waals surface area contributed by atoms with Crippen molar-refractivity contribution < 1.29 is 4.52 Å². The van der Waals surface area contributed by atoms with Crippen molar-refractivity contribution in [3.8, 4) is 0 Å². The SMILES string of the molecule is CCCN1CCC(CNC(=NC)NCc2cc(C(C)C)no2)C1. The van der Waals surface area contributed by atoms with Crippen molar-refractivity contribution >= 4 is 5.96 Å². The van der Waals surface area contributed by atoms with E-state index in [9.17, 15) is 0 Å². The molecule has 2 rings (SSSR count). The fraction of sp³-hybridized carbons (Fsp3) is 0.765. The minimum atomic E-state index is 0.387. The van der Waals surface area contributed by atoms with Gasteiger partial charge in [-0.15, -0.1) is 0 Å². The topological polar surface area (TPSA) is 65.7 Å². The second-order valence-electron chi connectivity index (χ2n) is 6.63. The minimum absolute atomic E-state index is 0.387. The van der Waals surface area contributed by atoms with Crippen molar-refractivity contribution in [2.24, 2.45) is 10.9 Å². The molecule has 1 fully saturated rings. The molecular weight excluding hydrogens is 290 g/mol. The highest BCUT2D eigenvalue weighted by atomic mass is 16.5. The van der Waals surface area contributed by atoms with Gasteiger partial charge in [-0.1, -0.05) is 25.9 Å². The highest BCUT2D eigenvalue weighted by Gasteiger charge is 2.21. The Morgan fingerprint density at radius 1 is 1.48 bits per heavy atom. The Morgan fingerprint density at radius 2 is 2.30 bits per heavy atom. The first kappa shape index (κ1) is 17.8. The Kier molecular flexibility index (Phi) is 6.89. The van der Waals surface area contributed by atoms with Crippen LogP contribution < -0.4 is 10.6 Å². The van der Waals surface area contributed by atoms with Gasteiger partial charge in [-0.2, -0.15) is 0 Å². The van der Waals surface area contributed by atoms with Crippen LogP contribution in [0.25, 0.3) is 0 Å². The maximum atomic E-state index is 5.34. The number of nitrogens with one attached hydrogen (secondary N) is 2. The van der Waals surface area contributed by atoms with Crippen molar-refractivity contribution in [2.45, 2.75) is 46.1 Å². The number of rotatable bonds is 7. The number of guanidine groups is 1. The summed E-state index contributed by atoms with van der Waals surface area (Å²) in [5, 5.41) is 10.8. The second-order valence-corrected chi connectivity index (χ2v) is 6.63. The number of hydrogen-bond donors (Lipinski definition) is 2. The molecule has 1 aliphatic rings. The van der Waals surface area contributed by atoms with Crippen LogP contribution in [-0.2, 0) is 6.54 Å². The first-order valence-corrected chi connectivity index (χ1v) is 8.74. The second kappa shape index (κ2) is 8.91. The van der Waals surface area contributed by atoms with Gasteiger partial charge in [-0.05, 0) is 37.8 Å². The lowest BCUT2D eigenvalue weighted by Crippen LogP contribution is -2.39. The molecular formula is C17H31N5O. The summed E-state index contributed by atoms with van der Waals surface area (Å²) in [7, 11) is 1.80. The summed E-state index contributed by atoms with van der Waals surface area (Å²) in [6, 6.07) is 2.00. The van der Waals surface area contributed by atoms with Gasteiger partial charge in [-0.3, -0.25) is 4.99 Å². The molecule has 1 aromatic heterocycles. The Hall–Kier alpha value is -1.56. The number of hydrogen-bond acceptors (Lipinski definition) is 4. The van der Waals surface area contributed by atoms with Crippen LogP contribution >= 0.6 is 0 Å². The molecule has 0 spiro atoms. The predicted molar refractivity (Wildman–Crippen MR) is 93.6 cm³/mol. The van der Waals surface area contributed by atoms with Crippen LogP contribution in [0.3, 0.4) is 0 Å². The summed E-state index contributed by atoms with van der Waals surface area (Å²) < 4.78 is 5.34. The minimum Gasteiger partial charge on any atom is -0.359 e. The molecule has 1 aliphatic heterocycles. The summed E-state index contributed by atoms with van der Waals surface area (Å²) in [4.78, 5) is 6.83. The number of nitrogens with zero attached hydrogens (tertiary/aromatic N) is 3. The molecule has 6 heteroatoms. The summed E-state index contributed by atoms with van der Waals surface area (Å²) in [5.41, 5.74) is 0.992. The highest BCUT2D eigenvalue weighted by Crippen LogP contribution is 2.15. The largest absolute Gasteiger partial charge is 0.359 e. The van der Waals surface area contributed by atoms with E-state index in [0.717, 1.165) is 24.0 Å². The van der Waals surface area contributed by atoms with Gasteiger partial charge >= 0.3 is 0 Å². The molecule has 1 aromatic rings. The lowest BCUT2D eigenvalue weighted by atomic mass is 10.1. The molecule has 0 saturated carbocycles. The molecule has 1 unspecified atom stereocenters. The smallest absolute Gasteiger partial charge is 0.191 e. The number of aliphatic imine (C=N–C) groups is 1. The van der Waals surface area contributed by atoms with E-state index in [1.807, 2.05) is 6.07 Å². The average molecular weight is 321 g/mol. The average Bonchev–Trinajstić information content (AvgIpc) is 3.17. The zero-order valence-corrected chi connectivity index (χ0v) is 14.9. The molecule has 23 heavy (non-hydrogen) atoms. The summed E-state index contributed by atoms with van der Waals surface area (Å²) in [6.07, 6.45) is 2.50. The molecule has 1 atom stereocenters. The van der Waals surface area contributed by atoms with Crippen LogP contribution in [0.1, 0.15) is 51.0 Å². The first-order chi connectivity index (χ1) is 11.1. The normalized spacial score (nSPS) is 19.5. The summed E-state index contributed by atoms with van der Waals surface area (Å²) in [6.45, 7) is 11.7. The van der Waals surface area contributed by atoms with Crippen molar-refractivity contribution in [3.63, 3.8) is 0 Å². The van der Waals surface area contributed by atoms with E-state index >= 15 is 0 Å². The molecule has 2 N–H and O–H groups in total. The Labute approximate surface area is 139 Å². The van der Waals surface area contributed by atoms with E-state index in [1.54, 1.807) is 7.05 Å². The van der Waals surface area contributed by atoms with Crippen LogP contribution in [-0.4, -0.2) is 49.2 Å². The van der Waals surface area contributed by atoms with E-state index in [-0.39, 0.29) is 0 Å². The van der Waals surface area contributed by atoms with Crippen LogP contribution in [0.15, 0.2) is 15.6 Å². The van der Waals surface area contributed by atoms with E-state index in [0.29, 0.717) is 18.4 Å². The van der Waals surface area contributed by atoms with Crippen LogP contribution in [0.2, 0.25) is 0 Å². The Balaban J connectivity index is 1.71. The van der Waals surface area contributed by atoms with E-state index < -0.39 is 0 Å². The van der Waals surface area contributed by atoms with Gasteiger partial charge < -0.3 is 20.1 Å². The van der Waals surface area contributed by atoms with Crippen molar-refractivity contribution in [2.75, 3.05) is 33.2 Å². The van der Waals surface area contributed by atoms with Gasteiger partial charge in [0.25, 0.3) is 0 Å². The van der Waals surface area contributed by atoms with E-state index in [2.05, 4.69) is 46.5 Å². The van der Waals surface area contributed by atoms with Gasteiger partial charge in [0.05, 0.1) is 12.2 Å². The molecule has 0 bridgehead atoms. The Bertz CT molecular complexity index is 497. The molecule has 0 aromatic carbocycles.